The van der Waals surface area contributed by atoms with Crippen LogP contribution >= 0.6 is 27.5 Å². The van der Waals surface area contributed by atoms with Gasteiger partial charge in [0.25, 0.3) is 0 Å². The van der Waals surface area contributed by atoms with Crippen LogP contribution in [-0.4, -0.2) is 10.5 Å². The maximum absolute atomic E-state index is 6.15. The van der Waals surface area contributed by atoms with Crippen LogP contribution < -0.4 is 5.32 Å². The molecule has 1 aromatic rings. The predicted octanol–water partition coefficient (Wildman–Crippen LogP) is 4.88. The monoisotopic (exact) mass is 304 g/mol. The smallest absolute Gasteiger partial charge is 0.145 e. The van der Waals surface area contributed by atoms with E-state index in [1.165, 1.54) is 0 Å². The fourth-order valence-corrected chi connectivity index (χ4v) is 2.45. The van der Waals surface area contributed by atoms with Gasteiger partial charge in [-0.05, 0) is 41.3 Å². The number of nitrogens with one attached hydrogen (secondary N) is 1. The van der Waals surface area contributed by atoms with Crippen LogP contribution in [0.2, 0.25) is 5.02 Å². The zero-order valence-electron chi connectivity index (χ0n) is 9.98. The van der Waals surface area contributed by atoms with Gasteiger partial charge in [0.15, 0.2) is 0 Å². The first-order valence-electron chi connectivity index (χ1n) is 5.66. The molecule has 0 saturated heterocycles. The molecule has 1 heterocycles. The molecule has 4 heteroatoms. The molecule has 0 amide bonds. The van der Waals surface area contributed by atoms with E-state index in [1.54, 1.807) is 6.20 Å². The van der Waals surface area contributed by atoms with Crippen molar-refractivity contribution in [2.24, 2.45) is 0 Å². The zero-order chi connectivity index (χ0) is 12.2. The molecule has 0 unspecified atom stereocenters. The zero-order valence-corrected chi connectivity index (χ0v) is 12.3. The van der Waals surface area contributed by atoms with Gasteiger partial charge in [0.1, 0.15) is 5.82 Å². The molecule has 1 rings (SSSR count). The number of aromatic nitrogens is 1. The summed E-state index contributed by atoms with van der Waals surface area (Å²) in [7, 11) is 0. The second kappa shape index (κ2) is 5.87. The molecule has 0 spiro atoms. The summed E-state index contributed by atoms with van der Waals surface area (Å²) in [6.07, 6.45) is 4.95. The lowest BCUT2D eigenvalue weighted by atomic mass is 9.90. The molecule has 90 valence electrons. The third-order valence-corrected chi connectivity index (χ3v) is 3.94. The van der Waals surface area contributed by atoms with E-state index in [0.29, 0.717) is 5.02 Å². The van der Waals surface area contributed by atoms with Crippen molar-refractivity contribution in [1.29, 1.82) is 0 Å². The number of nitrogens with zero attached hydrogens (tertiary/aromatic N) is 1. The SMILES string of the molecule is CCC(CC)(CC)Nc1ncc(Br)cc1Cl. The molecule has 16 heavy (non-hydrogen) atoms. The summed E-state index contributed by atoms with van der Waals surface area (Å²) in [6, 6.07) is 1.86. The largest absolute Gasteiger partial charge is 0.363 e. The van der Waals surface area contributed by atoms with Gasteiger partial charge >= 0.3 is 0 Å². The van der Waals surface area contributed by atoms with Gasteiger partial charge in [-0.15, -0.1) is 0 Å². The summed E-state index contributed by atoms with van der Waals surface area (Å²) in [5.74, 6) is 0.774. The molecule has 0 bridgehead atoms. The Hall–Kier alpha value is -0.280. The Morgan fingerprint density at radius 3 is 2.31 bits per heavy atom. The number of rotatable bonds is 5. The van der Waals surface area contributed by atoms with Crippen molar-refractivity contribution in [2.75, 3.05) is 5.32 Å². The fourth-order valence-electron chi connectivity index (χ4n) is 1.77. The molecule has 1 N–H and O–H groups in total. The van der Waals surface area contributed by atoms with Crippen LogP contribution in [0, 0.1) is 0 Å². The number of pyridine rings is 1. The molecule has 0 atom stereocenters. The van der Waals surface area contributed by atoms with E-state index < -0.39 is 0 Å². The van der Waals surface area contributed by atoms with Crippen LogP contribution in [0.3, 0.4) is 0 Å². The average molecular weight is 306 g/mol. The highest BCUT2D eigenvalue weighted by molar-refractivity contribution is 9.10. The maximum atomic E-state index is 6.15. The number of halogens is 2. The van der Waals surface area contributed by atoms with Gasteiger partial charge in [0.05, 0.1) is 5.02 Å². The van der Waals surface area contributed by atoms with E-state index in [0.717, 1.165) is 29.6 Å². The van der Waals surface area contributed by atoms with Gasteiger partial charge in [0.2, 0.25) is 0 Å². The van der Waals surface area contributed by atoms with Crippen LogP contribution in [0.4, 0.5) is 5.82 Å². The Bertz CT molecular complexity index is 343. The Labute approximate surface area is 111 Å². The van der Waals surface area contributed by atoms with E-state index in [2.05, 4.69) is 47.0 Å². The number of anilines is 1. The summed E-state index contributed by atoms with van der Waals surface area (Å²) < 4.78 is 0.901. The van der Waals surface area contributed by atoms with E-state index in [9.17, 15) is 0 Å². The average Bonchev–Trinajstić information content (AvgIpc) is 2.29. The molecular weight excluding hydrogens is 288 g/mol. The topological polar surface area (TPSA) is 24.9 Å². The summed E-state index contributed by atoms with van der Waals surface area (Å²) in [5.41, 5.74) is 0.102. The van der Waals surface area contributed by atoms with E-state index in [-0.39, 0.29) is 5.54 Å². The van der Waals surface area contributed by atoms with Gasteiger partial charge in [-0.2, -0.15) is 0 Å². The lowest BCUT2D eigenvalue weighted by Gasteiger charge is -2.32. The van der Waals surface area contributed by atoms with Crippen molar-refractivity contribution >= 4 is 33.3 Å². The van der Waals surface area contributed by atoms with Crippen molar-refractivity contribution < 1.29 is 0 Å². The third-order valence-electron chi connectivity index (χ3n) is 3.22. The molecule has 0 aromatic carbocycles. The third kappa shape index (κ3) is 3.11. The predicted molar refractivity (Wildman–Crippen MR) is 74.2 cm³/mol. The Balaban J connectivity index is 2.93. The standard InChI is InChI=1S/C12H18BrClN2/c1-4-12(5-2,6-3)16-11-10(14)7-9(13)8-15-11/h7-8H,4-6H2,1-3H3,(H,15,16). The highest BCUT2D eigenvalue weighted by atomic mass is 79.9. The minimum atomic E-state index is 0.102. The van der Waals surface area contributed by atoms with E-state index >= 15 is 0 Å². The minimum Gasteiger partial charge on any atom is -0.363 e. The lowest BCUT2D eigenvalue weighted by molar-refractivity contribution is 0.419. The summed E-state index contributed by atoms with van der Waals surface area (Å²) in [4.78, 5) is 4.32. The van der Waals surface area contributed by atoms with Crippen molar-refractivity contribution in [1.82, 2.24) is 4.98 Å². The van der Waals surface area contributed by atoms with Gasteiger partial charge in [-0.1, -0.05) is 32.4 Å². The Kier molecular flexibility index (Phi) is 5.06. The molecule has 0 aliphatic carbocycles. The molecule has 1 aromatic heterocycles. The van der Waals surface area contributed by atoms with Gasteiger partial charge in [0, 0.05) is 16.2 Å². The maximum Gasteiger partial charge on any atom is 0.145 e. The van der Waals surface area contributed by atoms with Crippen molar-refractivity contribution in [3.63, 3.8) is 0 Å². The molecule has 2 nitrogen and oxygen atoms in total. The van der Waals surface area contributed by atoms with Crippen LogP contribution in [0.15, 0.2) is 16.7 Å². The van der Waals surface area contributed by atoms with Crippen LogP contribution in [0.5, 0.6) is 0 Å². The Morgan fingerprint density at radius 1 is 1.31 bits per heavy atom. The first-order chi connectivity index (χ1) is 7.56. The highest BCUT2D eigenvalue weighted by Crippen LogP contribution is 2.29. The summed E-state index contributed by atoms with van der Waals surface area (Å²) in [6.45, 7) is 6.56. The first kappa shape index (κ1) is 13.8. The molecule has 0 aliphatic heterocycles. The van der Waals surface area contributed by atoms with Gasteiger partial charge in [-0.25, -0.2) is 4.98 Å². The van der Waals surface area contributed by atoms with E-state index in [4.69, 9.17) is 11.6 Å². The number of hydrogen-bond donors (Lipinski definition) is 1. The van der Waals surface area contributed by atoms with Crippen molar-refractivity contribution in [2.45, 2.75) is 45.6 Å². The van der Waals surface area contributed by atoms with Crippen LogP contribution in [-0.2, 0) is 0 Å². The molecule has 0 fully saturated rings. The molecule has 0 aliphatic rings. The quantitative estimate of drug-likeness (QED) is 0.838. The summed E-state index contributed by atoms with van der Waals surface area (Å²) >= 11 is 9.50. The van der Waals surface area contributed by atoms with E-state index in [1.807, 2.05) is 6.07 Å². The lowest BCUT2D eigenvalue weighted by Crippen LogP contribution is -2.36. The Morgan fingerprint density at radius 2 is 1.88 bits per heavy atom. The minimum absolute atomic E-state index is 0.102. The van der Waals surface area contributed by atoms with Gasteiger partial charge < -0.3 is 5.32 Å². The highest BCUT2D eigenvalue weighted by Gasteiger charge is 2.24. The molecule has 0 saturated carbocycles. The number of hydrogen-bond acceptors (Lipinski definition) is 2. The second-order valence-corrected chi connectivity index (χ2v) is 5.27. The van der Waals surface area contributed by atoms with Crippen molar-refractivity contribution in [3.05, 3.63) is 21.8 Å². The normalized spacial score (nSPS) is 11.6. The fraction of sp³-hybridized carbons (Fsp3) is 0.583. The van der Waals surface area contributed by atoms with Crippen LogP contribution in [0.1, 0.15) is 40.0 Å². The molecule has 0 radical (unpaired) electrons. The summed E-state index contributed by atoms with van der Waals surface area (Å²) in [5, 5.41) is 4.13. The van der Waals surface area contributed by atoms with Crippen LogP contribution in [0.25, 0.3) is 0 Å². The molecular formula is C12H18BrClN2. The second-order valence-electron chi connectivity index (χ2n) is 3.95. The van der Waals surface area contributed by atoms with Crippen molar-refractivity contribution in [3.8, 4) is 0 Å². The first-order valence-corrected chi connectivity index (χ1v) is 6.83. The van der Waals surface area contributed by atoms with Gasteiger partial charge in [-0.3, -0.25) is 0 Å².